The maximum absolute atomic E-state index is 9.45. The smallest absolute Gasteiger partial charge is 0.0463 e. The van der Waals surface area contributed by atoms with Gasteiger partial charge in [0.05, 0.1) is 0 Å². The molecule has 2 heteroatoms. The van der Waals surface area contributed by atoms with E-state index >= 15 is 0 Å². The molecule has 2 nitrogen and oxygen atoms in total. The number of hydrogen-bond acceptors (Lipinski definition) is 2. The Bertz CT molecular complexity index is 411. The average Bonchev–Trinajstić information content (AvgIpc) is 3.04. The Balaban J connectivity index is 1.90. The molecule has 3 rings (SSSR count). The Hall–Kier alpha value is -1.02. The molecule has 0 bridgehead atoms. The van der Waals surface area contributed by atoms with Crippen molar-refractivity contribution in [2.45, 2.75) is 44.6 Å². The van der Waals surface area contributed by atoms with Gasteiger partial charge in [0.15, 0.2) is 0 Å². The van der Waals surface area contributed by atoms with Crippen LogP contribution in [0.5, 0.6) is 0 Å². The van der Waals surface area contributed by atoms with Crippen molar-refractivity contribution in [1.82, 2.24) is 0 Å². The third kappa shape index (κ3) is 1.93. The molecule has 98 valence electrons. The van der Waals surface area contributed by atoms with Crippen LogP contribution in [-0.2, 0) is 0 Å². The van der Waals surface area contributed by atoms with Crippen molar-refractivity contribution in [1.29, 1.82) is 0 Å². The molecular weight excluding hydrogens is 222 g/mol. The van der Waals surface area contributed by atoms with Gasteiger partial charge < -0.3 is 10.0 Å². The van der Waals surface area contributed by atoms with Gasteiger partial charge in [0.2, 0.25) is 0 Å². The Morgan fingerprint density at radius 2 is 2.00 bits per heavy atom. The highest BCUT2D eigenvalue weighted by atomic mass is 16.3. The first-order valence-electron chi connectivity index (χ1n) is 7.27. The SMILES string of the molecule is CC(CO)C1CN(C2CCCC2)c2ccccc21. The fourth-order valence-corrected chi connectivity index (χ4v) is 3.65. The lowest BCUT2D eigenvalue weighted by Gasteiger charge is -2.28. The predicted molar refractivity (Wildman–Crippen MR) is 75.0 cm³/mol. The van der Waals surface area contributed by atoms with Gasteiger partial charge in [-0.3, -0.25) is 0 Å². The van der Waals surface area contributed by atoms with E-state index in [4.69, 9.17) is 0 Å². The summed E-state index contributed by atoms with van der Waals surface area (Å²) in [5.41, 5.74) is 2.88. The quantitative estimate of drug-likeness (QED) is 0.884. The second-order valence-corrected chi connectivity index (χ2v) is 5.92. The summed E-state index contributed by atoms with van der Waals surface area (Å²) in [5.74, 6) is 0.865. The van der Waals surface area contributed by atoms with E-state index in [-0.39, 0.29) is 6.61 Å². The maximum atomic E-state index is 9.45. The summed E-state index contributed by atoms with van der Waals surface area (Å²) in [6.45, 7) is 3.56. The molecule has 1 saturated carbocycles. The van der Waals surface area contributed by atoms with E-state index in [1.54, 1.807) is 0 Å². The van der Waals surface area contributed by atoms with Gasteiger partial charge in [0, 0.05) is 30.8 Å². The van der Waals surface area contributed by atoms with Crippen LogP contribution in [0.3, 0.4) is 0 Å². The normalized spacial score (nSPS) is 25.4. The first kappa shape index (κ1) is 12.0. The van der Waals surface area contributed by atoms with Gasteiger partial charge in [-0.05, 0) is 30.4 Å². The molecule has 1 heterocycles. The monoisotopic (exact) mass is 245 g/mol. The van der Waals surface area contributed by atoms with E-state index in [1.165, 1.54) is 36.9 Å². The zero-order valence-corrected chi connectivity index (χ0v) is 11.2. The molecule has 1 aromatic rings. The topological polar surface area (TPSA) is 23.5 Å². The molecule has 0 radical (unpaired) electrons. The average molecular weight is 245 g/mol. The minimum Gasteiger partial charge on any atom is -0.396 e. The molecule has 2 aliphatic rings. The van der Waals surface area contributed by atoms with E-state index in [2.05, 4.69) is 36.1 Å². The number of nitrogens with zero attached hydrogens (tertiary/aromatic N) is 1. The Labute approximate surface area is 110 Å². The van der Waals surface area contributed by atoms with Gasteiger partial charge in [0.1, 0.15) is 0 Å². The van der Waals surface area contributed by atoms with Crippen molar-refractivity contribution in [3.8, 4) is 0 Å². The van der Waals surface area contributed by atoms with E-state index in [0.29, 0.717) is 11.8 Å². The lowest BCUT2D eigenvalue weighted by Crippen LogP contribution is -2.33. The summed E-state index contributed by atoms with van der Waals surface area (Å²) < 4.78 is 0. The van der Waals surface area contributed by atoms with E-state index in [1.807, 2.05) is 0 Å². The summed E-state index contributed by atoms with van der Waals surface area (Å²) in [4.78, 5) is 2.61. The van der Waals surface area contributed by atoms with Crippen LogP contribution < -0.4 is 4.90 Å². The van der Waals surface area contributed by atoms with Crippen LogP contribution in [0.4, 0.5) is 5.69 Å². The van der Waals surface area contributed by atoms with Gasteiger partial charge in [-0.2, -0.15) is 0 Å². The summed E-state index contributed by atoms with van der Waals surface area (Å²) in [6, 6.07) is 9.53. The molecule has 0 saturated heterocycles. The first-order chi connectivity index (χ1) is 8.81. The Morgan fingerprint density at radius 1 is 1.28 bits per heavy atom. The van der Waals surface area contributed by atoms with Gasteiger partial charge in [-0.15, -0.1) is 0 Å². The van der Waals surface area contributed by atoms with Crippen LogP contribution in [0, 0.1) is 5.92 Å². The van der Waals surface area contributed by atoms with Crippen molar-refractivity contribution < 1.29 is 5.11 Å². The molecular formula is C16H23NO. The lowest BCUT2D eigenvalue weighted by molar-refractivity contribution is 0.218. The Morgan fingerprint density at radius 3 is 2.72 bits per heavy atom. The third-order valence-electron chi connectivity index (χ3n) is 4.78. The molecule has 1 aliphatic heterocycles. The lowest BCUT2D eigenvalue weighted by atomic mass is 9.89. The van der Waals surface area contributed by atoms with Gasteiger partial charge in [0.25, 0.3) is 0 Å². The number of benzene rings is 1. The van der Waals surface area contributed by atoms with E-state index in [0.717, 1.165) is 12.6 Å². The van der Waals surface area contributed by atoms with Crippen LogP contribution in [0.25, 0.3) is 0 Å². The van der Waals surface area contributed by atoms with Crippen molar-refractivity contribution in [2.75, 3.05) is 18.1 Å². The zero-order chi connectivity index (χ0) is 12.5. The summed E-state index contributed by atoms with van der Waals surface area (Å²) >= 11 is 0. The summed E-state index contributed by atoms with van der Waals surface area (Å²) in [7, 11) is 0. The largest absolute Gasteiger partial charge is 0.396 e. The zero-order valence-electron chi connectivity index (χ0n) is 11.2. The van der Waals surface area contributed by atoms with E-state index in [9.17, 15) is 5.11 Å². The maximum Gasteiger partial charge on any atom is 0.0463 e. The van der Waals surface area contributed by atoms with Crippen molar-refractivity contribution >= 4 is 5.69 Å². The number of anilines is 1. The fraction of sp³-hybridized carbons (Fsp3) is 0.625. The van der Waals surface area contributed by atoms with Crippen LogP contribution >= 0.6 is 0 Å². The number of hydrogen-bond donors (Lipinski definition) is 1. The van der Waals surface area contributed by atoms with Crippen molar-refractivity contribution in [2.24, 2.45) is 5.92 Å². The number of aliphatic hydroxyl groups excluding tert-OH is 1. The number of para-hydroxylation sites is 1. The molecule has 1 aliphatic carbocycles. The predicted octanol–water partition coefficient (Wildman–Crippen LogP) is 3.16. The molecule has 1 N–H and O–H groups in total. The van der Waals surface area contributed by atoms with Crippen LogP contribution in [0.1, 0.15) is 44.1 Å². The molecule has 1 fully saturated rings. The number of rotatable bonds is 3. The molecule has 0 amide bonds. The highest BCUT2D eigenvalue weighted by Gasteiger charge is 2.35. The van der Waals surface area contributed by atoms with Gasteiger partial charge in [-0.1, -0.05) is 38.0 Å². The summed E-state index contributed by atoms with van der Waals surface area (Å²) in [6.07, 6.45) is 5.44. The van der Waals surface area contributed by atoms with Crippen molar-refractivity contribution in [3.63, 3.8) is 0 Å². The third-order valence-corrected chi connectivity index (χ3v) is 4.78. The molecule has 1 aromatic carbocycles. The number of fused-ring (bicyclic) bond motifs is 1. The standard InChI is InChI=1S/C16H23NO/c1-12(11-18)15-10-17(13-6-2-3-7-13)16-9-5-4-8-14(15)16/h4-5,8-9,12-13,15,18H,2-3,6-7,10-11H2,1H3. The molecule has 2 unspecified atom stereocenters. The minimum atomic E-state index is 0.289. The molecule has 0 aromatic heterocycles. The van der Waals surface area contributed by atoms with E-state index < -0.39 is 0 Å². The number of aliphatic hydroxyl groups is 1. The minimum absolute atomic E-state index is 0.289. The summed E-state index contributed by atoms with van der Waals surface area (Å²) in [5, 5.41) is 9.45. The highest BCUT2D eigenvalue weighted by molar-refractivity contribution is 5.61. The van der Waals surface area contributed by atoms with Gasteiger partial charge >= 0.3 is 0 Å². The van der Waals surface area contributed by atoms with Crippen LogP contribution in [0.2, 0.25) is 0 Å². The molecule has 0 spiro atoms. The highest BCUT2D eigenvalue weighted by Crippen LogP contribution is 2.43. The second kappa shape index (κ2) is 4.93. The van der Waals surface area contributed by atoms with Gasteiger partial charge in [-0.25, -0.2) is 0 Å². The molecule has 2 atom stereocenters. The van der Waals surface area contributed by atoms with Crippen molar-refractivity contribution in [3.05, 3.63) is 29.8 Å². The molecule has 18 heavy (non-hydrogen) atoms. The second-order valence-electron chi connectivity index (χ2n) is 5.92. The van der Waals surface area contributed by atoms with Crippen LogP contribution in [-0.4, -0.2) is 24.3 Å². The first-order valence-corrected chi connectivity index (χ1v) is 7.27. The fourth-order valence-electron chi connectivity index (χ4n) is 3.65. The van der Waals surface area contributed by atoms with Crippen LogP contribution in [0.15, 0.2) is 24.3 Å². The Kier molecular flexibility index (Phi) is 3.29.